The lowest BCUT2D eigenvalue weighted by atomic mass is 10.2. The Hall–Kier alpha value is -1.38. The van der Waals surface area contributed by atoms with Gasteiger partial charge in [0.1, 0.15) is 5.78 Å². The minimum atomic E-state index is 0.0732. The molecule has 0 radical (unpaired) electrons. The Morgan fingerprint density at radius 2 is 2.00 bits per heavy atom. The number of aryl methyl sites for hydroxylation is 1. The maximum Gasteiger partial charge on any atom is 0.161 e. The summed E-state index contributed by atoms with van der Waals surface area (Å²) in [4.78, 5) is 21.9. The summed E-state index contributed by atoms with van der Waals surface area (Å²) in [7, 11) is 0. The van der Waals surface area contributed by atoms with Crippen LogP contribution in [0.5, 0.6) is 0 Å². The number of ketones is 2. The van der Waals surface area contributed by atoms with E-state index in [1.165, 1.54) is 0 Å². The molecule has 3 heteroatoms. The van der Waals surface area contributed by atoms with Gasteiger partial charge >= 0.3 is 0 Å². The highest BCUT2D eigenvalue weighted by molar-refractivity contribution is 5.95. The first kappa shape index (κ1) is 10.7. The number of nitrogens with zero attached hydrogens (tertiary/aromatic N) is 1. The fraction of sp³-hybridized carbons (Fsp3) is 0.455. The first-order valence-corrected chi connectivity index (χ1v) is 4.68. The Bertz CT molecular complexity index is 363. The lowest BCUT2D eigenvalue weighted by Gasteiger charge is -2.04. The van der Waals surface area contributed by atoms with Crippen LogP contribution in [0.15, 0.2) is 12.3 Å². The van der Waals surface area contributed by atoms with Gasteiger partial charge in [0, 0.05) is 30.4 Å². The van der Waals surface area contributed by atoms with E-state index in [4.69, 9.17) is 0 Å². The highest BCUT2D eigenvalue weighted by atomic mass is 16.1. The zero-order chi connectivity index (χ0) is 10.7. The van der Waals surface area contributed by atoms with Gasteiger partial charge in [0.15, 0.2) is 5.78 Å². The van der Waals surface area contributed by atoms with E-state index in [9.17, 15) is 9.59 Å². The van der Waals surface area contributed by atoms with Gasteiger partial charge in [-0.05, 0) is 26.8 Å². The lowest BCUT2D eigenvalue weighted by molar-refractivity contribution is -0.117. The second-order valence-corrected chi connectivity index (χ2v) is 3.52. The van der Waals surface area contributed by atoms with Crippen LogP contribution in [-0.4, -0.2) is 16.1 Å². The van der Waals surface area contributed by atoms with Gasteiger partial charge in [0.25, 0.3) is 0 Å². The van der Waals surface area contributed by atoms with E-state index in [1.807, 2.05) is 17.7 Å². The number of carbonyl (C=O) groups excluding carboxylic acids is 2. The highest BCUT2D eigenvalue weighted by Gasteiger charge is 2.08. The van der Waals surface area contributed by atoms with Crippen LogP contribution in [0.2, 0.25) is 0 Å². The average Bonchev–Trinajstić information content (AvgIpc) is 2.43. The van der Waals surface area contributed by atoms with Gasteiger partial charge in [0.2, 0.25) is 0 Å². The van der Waals surface area contributed by atoms with Gasteiger partial charge in [-0.1, -0.05) is 0 Å². The molecule has 0 saturated heterocycles. The van der Waals surface area contributed by atoms with E-state index >= 15 is 0 Å². The molecule has 0 fully saturated rings. The molecule has 0 spiro atoms. The minimum Gasteiger partial charge on any atom is -0.351 e. The van der Waals surface area contributed by atoms with Gasteiger partial charge in [-0.3, -0.25) is 9.59 Å². The zero-order valence-electron chi connectivity index (χ0n) is 8.83. The fourth-order valence-corrected chi connectivity index (χ4v) is 1.44. The van der Waals surface area contributed by atoms with Crippen LogP contribution in [0.1, 0.15) is 36.3 Å². The van der Waals surface area contributed by atoms with Gasteiger partial charge in [0.05, 0.1) is 0 Å². The number of carbonyl (C=O) groups is 2. The van der Waals surface area contributed by atoms with Crippen molar-refractivity contribution in [2.24, 2.45) is 0 Å². The predicted octanol–water partition coefficient (Wildman–Crippen LogP) is 1.98. The molecule has 1 heterocycles. The molecule has 0 aliphatic rings. The quantitative estimate of drug-likeness (QED) is 0.686. The molecule has 1 rings (SSSR count). The molecule has 0 atom stereocenters. The van der Waals surface area contributed by atoms with Crippen molar-refractivity contribution in [2.75, 3.05) is 0 Å². The van der Waals surface area contributed by atoms with E-state index in [-0.39, 0.29) is 11.6 Å². The van der Waals surface area contributed by atoms with E-state index in [1.54, 1.807) is 19.9 Å². The van der Waals surface area contributed by atoms with Gasteiger partial charge in [-0.15, -0.1) is 0 Å². The maximum atomic E-state index is 11.1. The van der Waals surface area contributed by atoms with Crippen molar-refractivity contribution in [1.82, 2.24) is 4.57 Å². The summed E-state index contributed by atoms with van der Waals surface area (Å²) in [5.74, 6) is 0.242. The van der Waals surface area contributed by atoms with Crippen LogP contribution < -0.4 is 0 Å². The molecular formula is C11H15NO2. The SMILES string of the molecule is CC(=O)CCn1ccc(C(C)=O)c1C. The number of hydrogen-bond donors (Lipinski definition) is 0. The van der Waals surface area contributed by atoms with Gasteiger partial charge in [-0.25, -0.2) is 0 Å². The van der Waals surface area contributed by atoms with Crippen LogP contribution in [-0.2, 0) is 11.3 Å². The molecule has 0 N–H and O–H groups in total. The Kier molecular flexibility index (Phi) is 3.23. The highest BCUT2D eigenvalue weighted by Crippen LogP contribution is 2.11. The third kappa shape index (κ3) is 2.31. The van der Waals surface area contributed by atoms with Gasteiger partial charge in [-0.2, -0.15) is 0 Å². The van der Waals surface area contributed by atoms with Crippen LogP contribution in [0.3, 0.4) is 0 Å². The molecule has 0 aromatic carbocycles. The summed E-state index contributed by atoms with van der Waals surface area (Å²) in [6.45, 7) is 5.69. The molecular weight excluding hydrogens is 178 g/mol. The molecule has 76 valence electrons. The van der Waals surface area contributed by atoms with Crippen molar-refractivity contribution in [3.8, 4) is 0 Å². The second kappa shape index (κ2) is 4.22. The van der Waals surface area contributed by atoms with E-state index in [2.05, 4.69) is 0 Å². The summed E-state index contributed by atoms with van der Waals surface area (Å²) < 4.78 is 1.94. The summed E-state index contributed by atoms with van der Waals surface area (Å²) in [6.07, 6.45) is 2.38. The topological polar surface area (TPSA) is 39.1 Å². The summed E-state index contributed by atoms with van der Waals surface area (Å²) >= 11 is 0. The Morgan fingerprint density at radius 3 is 2.43 bits per heavy atom. The van der Waals surface area contributed by atoms with Crippen molar-refractivity contribution in [1.29, 1.82) is 0 Å². The molecule has 0 saturated carbocycles. The van der Waals surface area contributed by atoms with Crippen LogP contribution >= 0.6 is 0 Å². The number of Topliss-reactive ketones (excluding diaryl/α,β-unsaturated/α-hetero) is 2. The molecule has 1 aromatic heterocycles. The summed E-state index contributed by atoms with van der Waals surface area (Å²) in [6, 6.07) is 1.80. The third-order valence-electron chi connectivity index (χ3n) is 2.33. The number of aromatic nitrogens is 1. The molecule has 0 bridgehead atoms. The first-order chi connectivity index (χ1) is 6.52. The van der Waals surface area contributed by atoms with Crippen molar-refractivity contribution in [2.45, 2.75) is 33.7 Å². The van der Waals surface area contributed by atoms with Crippen molar-refractivity contribution >= 4 is 11.6 Å². The van der Waals surface area contributed by atoms with E-state index in [0.717, 1.165) is 11.3 Å². The molecule has 3 nitrogen and oxygen atoms in total. The average molecular weight is 193 g/mol. The van der Waals surface area contributed by atoms with Crippen molar-refractivity contribution < 1.29 is 9.59 Å². The Labute approximate surface area is 83.7 Å². The maximum absolute atomic E-state index is 11.1. The van der Waals surface area contributed by atoms with Crippen LogP contribution in [0, 0.1) is 6.92 Å². The molecule has 0 aliphatic heterocycles. The van der Waals surface area contributed by atoms with E-state index < -0.39 is 0 Å². The fourth-order valence-electron chi connectivity index (χ4n) is 1.44. The molecule has 0 aliphatic carbocycles. The third-order valence-corrected chi connectivity index (χ3v) is 2.33. The second-order valence-electron chi connectivity index (χ2n) is 3.52. The standard InChI is InChI=1S/C11H15NO2/c1-8(13)4-6-12-7-5-11(9(12)2)10(3)14/h5,7H,4,6H2,1-3H3. The first-order valence-electron chi connectivity index (χ1n) is 4.68. The number of hydrogen-bond acceptors (Lipinski definition) is 2. The van der Waals surface area contributed by atoms with Crippen LogP contribution in [0.4, 0.5) is 0 Å². The molecule has 0 amide bonds. The van der Waals surface area contributed by atoms with Crippen molar-refractivity contribution in [3.63, 3.8) is 0 Å². The Balaban J connectivity index is 2.79. The normalized spacial score (nSPS) is 10.2. The minimum absolute atomic E-state index is 0.0732. The predicted molar refractivity (Wildman–Crippen MR) is 54.5 cm³/mol. The van der Waals surface area contributed by atoms with Crippen LogP contribution in [0.25, 0.3) is 0 Å². The smallest absolute Gasteiger partial charge is 0.161 e. The largest absolute Gasteiger partial charge is 0.351 e. The summed E-state index contributed by atoms with van der Waals surface area (Å²) in [5.41, 5.74) is 1.69. The molecule has 1 aromatic rings. The molecule has 14 heavy (non-hydrogen) atoms. The van der Waals surface area contributed by atoms with Gasteiger partial charge < -0.3 is 4.57 Å². The van der Waals surface area contributed by atoms with E-state index in [0.29, 0.717) is 13.0 Å². The summed E-state index contributed by atoms with van der Waals surface area (Å²) in [5, 5.41) is 0. The monoisotopic (exact) mass is 193 g/mol. The zero-order valence-corrected chi connectivity index (χ0v) is 8.83. The number of rotatable bonds is 4. The Morgan fingerprint density at radius 1 is 1.36 bits per heavy atom. The molecule has 0 unspecified atom stereocenters. The lowest BCUT2D eigenvalue weighted by Crippen LogP contribution is -2.04. The van der Waals surface area contributed by atoms with Crippen molar-refractivity contribution in [3.05, 3.63) is 23.5 Å².